The first-order valence-electron chi connectivity index (χ1n) is 5.55. The van der Waals surface area contributed by atoms with Crippen molar-refractivity contribution in [2.24, 2.45) is 5.73 Å². The molecule has 0 radical (unpaired) electrons. The first-order valence-corrected chi connectivity index (χ1v) is 5.55. The van der Waals surface area contributed by atoms with E-state index in [9.17, 15) is 4.39 Å². The molecular weight excluding hydrogens is 207 g/mol. The van der Waals surface area contributed by atoms with Crippen molar-refractivity contribution in [1.29, 1.82) is 0 Å². The Morgan fingerprint density at radius 3 is 3.00 bits per heavy atom. The first-order chi connectivity index (χ1) is 7.69. The SMILES string of the molecule is CC1CN(c2cccc(F)c2)CC(CN)O1. The Morgan fingerprint density at radius 1 is 1.50 bits per heavy atom. The Kier molecular flexibility index (Phi) is 3.41. The van der Waals surface area contributed by atoms with Crippen LogP contribution in [0.15, 0.2) is 24.3 Å². The molecule has 1 aromatic rings. The van der Waals surface area contributed by atoms with Crippen LogP contribution >= 0.6 is 0 Å². The molecule has 1 saturated heterocycles. The molecule has 1 aromatic carbocycles. The second-order valence-corrected chi connectivity index (χ2v) is 4.19. The third-order valence-electron chi connectivity index (χ3n) is 2.76. The van der Waals surface area contributed by atoms with E-state index in [0.717, 1.165) is 18.8 Å². The summed E-state index contributed by atoms with van der Waals surface area (Å²) in [6.45, 7) is 4.01. The topological polar surface area (TPSA) is 38.5 Å². The van der Waals surface area contributed by atoms with Gasteiger partial charge in [0.25, 0.3) is 0 Å². The summed E-state index contributed by atoms with van der Waals surface area (Å²) >= 11 is 0. The van der Waals surface area contributed by atoms with Gasteiger partial charge in [0.2, 0.25) is 0 Å². The van der Waals surface area contributed by atoms with Crippen LogP contribution in [0.25, 0.3) is 0 Å². The maximum Gasteiger partial charge on any atom is 0.125 e. The normalized spacial score (nSPS) is 25.8. The summed E-state index contributed by atoms with van der Waals surface area (Å²) in [5, 5.41) is 0. The molecule has 2 rings (SSSR count). The average Bonchev–Trinajstić information content (AvgIpc) is 2.28. The van der Waals surface area contributed by atoms with Gasteiger partial charge in [0.05, 0.1) is 12.2 Å². The van der Waals surface area contributed by atoms with Crippen molar-refractivity contribution in [3.05, 3.63) is 30.1 Å². The standard InChI is InChI=1S/C12H17FN2O/c1-9-7-15(8-12(6-14)16-9)11-4-2-3-10(13)5-11/h2-5,9,12H,6-8,14H2,1H3. The Bertz CT molecular complexity index is 359. The molecule has 2 atom stereocenters. The Hall–Kier alpha value is -1.13. The van der Waals surface area contributed by atoms with Gasteiger partial charge >= 0.3 is 0 Å². The van der Waals surface area contributed by atoms with Crippen LogP contribution in [0.1, 0.15) is 6.92 Å². The second-order valence-electron chi connectivity index (χ2n) is 4.19. The number of halogens is 1. The fourth-order valence-electron chi connectivity index (χ4n) is 2.06. The maximum absolute atomic E-state index is 13.1. The minimum absolute atomic E-state index is 0.0343. The van der Waals surface area contributed by atoms with Gasteiger partial charge in [-0.05, 0) is 25.1 Å². The quantitative estimate of drug-likeness (QED) is 0.824. The van der Waals surface area contributed by atoms with Crippen LogP contribution in [0, 0.1) is 5.82 Å². The molecule has 1 aliphatic rings. The molecule has 1 aliphatic heterocycles. The number of anilines is 1. The Morgan fingerprint density at radius 2 is 2.31 bits per heavy atom. The van der Waals surface area contributed by atoms with Crippen molar-refractivity contribution in [2.45, 2.75) is 19.1 Å². The molecule has 0 bridgehead atoms. The summed E-state index contributed by atoms with van der Waals surface area (Å²) in [5.74, 6) is -0.207. The molecular formula is C12H17FN2O. The van der Waals surface area contributed by atoms with Crippen molar-refractivity contribution in [3.8, 4) is 0 Å². The largest absolute Gasteiger partial charge is 0.370 e. The zero-order valence-electron chi connectivity index (χ0n) is 9.40. The summed E-state index contributed by atoms with van der Waals surface area (Å²) in [7, 11) is 0. The molecule has 1 fully saturated rings. The van der Waals surface area contributed by atoms with Gasteiger partial charge in [-0.3, -0.25) is 0 Å². The lowest BCUT2D eigenvalue weighted by molar-refractivity contribution is -0.0104. The van der Waals surface area contributed by atoms with E-state index in [4.69, 9.17) is 10.5 Å². The molecule has 0 saturated carbocycles. The number of ether oxygens (including phenoxy) is 1. The molecule has 16 heavy (non-hydrogen) atoms. The molecule has 2 unspecified atom stereocenters. The van der Waals surface area contributed by atoms with E-state index in [0.29, 0.717) is 6.54 Å². The van der Waals surface area contributed by atoms with Crippen molar-refractivity contribution in [2.75, 3.05) is 24.5 Å². The summed E-state index contributed by atoms with van der Waals surface area (Å²) in [6, 6.07) is 6.64. The predicted molar refractivity (Wildman–Crippen MR) is 62.0 cm³/mol. The van der Waals surface area contributed by atoms with Crippen LogP contribution in [0.5, 0.6) is 0 Å². The number of rotatable bonds is 2. The van der Waals surface area contributed by atoms with Crippen molar-refractivity contribution in [3.63, 3.8) is 0 Å². The highest BCUT2D eigenvalue weighted by Crippen LogP contribution is 2.20. The van der Waals surface area contributed by atoms with E-state index in [1.165, 1.54) is 6.07 Å². The number of nitrogens with zero attached hydrogens (tertiary/aromatic N) is 1. The van der Waals surface area contributed by atoms with Crippen molar-refractivity contribution in [1.82, 2.24) is 0 Å². The minimum atomic E-state index is -0.207. The van der Waals surface area contributed by atoms with Gasteiger partial charge in [-0.1, -0.05) is 6.07 Å². The smallest absolute Gasteiger partial charge is 0.125 e. The van der Waals surface area contributed by atoms with E-state index in [1.807, 2.05) is 13.0 Å². The highest BCUT2D eigenvalue weighted by atomic mass is 19.1. The summed E-state index contributed by atoms with van der Waals surface area (Å²) in [4.78, 5) is 2.12. The van der Waals surface area contributed by atoms with Crippen LogP contribution in [-0.4, -0.2) is 31.8 Å². The summed E-state index contributed by atoms with van der Waals surface area (Å²) in [6.07, 6.45) is 0.164. The molecule has 1 heterocycles. The van der Waals surface area contributed by atoms with Crippen LogP contribution in [0.4, 0.5) is 10.1 Å². The molecule has 0 aromatic heterocycles. The van der Waals surface area contributed by atoms with E-state index in [1.54, 1.807) is 12.1 Å². The van der Waals surface area contributed by atoms with Gasteiger partial charge in [-0.25, -0.2) is 4.39 Å². The zero-order chi connectivity index (χ0) is 11.5. The molecule has 4 heteroatoms. The van der Waals surface area contributed by atoms with Crippen molar-refractivity contribution >= 4 is 5.69 Å². The van der Waals surface area contributed by atoms with E-state index >= 15 is 0 Å². The number of benzene rings is 1. The molecule has 3 nitrogen and oxygen atoms in total. The lowest BCUT2D eigenvalue weighted by Gasteiger charge is -2.37. The monoisotopic (exact) mass is 224 g/mol. The highest BCUT2D eigenvalue weighted by molar-refractivity contribution is 5.47. The van der Waals surface area contributed by atoms with Crippen LogP contribution < -0.4 is 10.6 Å². The predicted octanol–water partition coefficient (Wildman–Crippen LogP) is 1.38. The van der Waals surface area contributed by atoms with Crippen LogP contribution in [0.3, 0.4) is 0 Å². The van der Waals surface area contributed by atoms with Crippen molar-refractivity contribution < 1.29 is 9.13 Å². The molecule has 0 aliphatic carbocycles. The summed E-state index contributed by atoms with van der Waals surface area (Å²) in [5.41, 5.74) is 6.51. The molecule has 0 spiro atoms. The first kappa shape index (κ1) is 11.4. The number of morpholine rings is 1. The third kappa shape index (κ3) is 2.51. The van der Waals surface area contributed by atoms with Gasteiger partial charge < -0.3 is 15.4 Å². The highest BCUT2D eigenvalue weighted by Gasteiger charge is 2.24. The molecule has 2 N–H and O–H groups in total. The maximum atomic E-state index is 13.1. The Balaban J connectivity index is 2.14. The van der Waals surface area contributed by atoms with Gasteiger partial charge in [-0.2, -0.15) is 0 Å². The van der Waals surface area contributed by atoms with Crippen LogP contribution in [0.2, 0.25) is 0 Å². The second kappa shape index (κ2) is 4.80. The lowest BCUT2D eigenvalue weighted by atomic mass is 10.2. The minimum Gasteiger partial charge on any atom is -0.370 e. The lowest BCUT2D eigenvalue weighted by Crippen LogP contribution is -2.49. The average molecular weight is 224 g/mol. The fraction of sp³-hybridized carbons (Fsp3) is 0.500. The van der Waals surface area contributed by atoms with Crippen LogP contribution in [-0.2, 0) is 4.74 Å². The molecule has 88 valence electrons. The zero-order valence-corrected chi connectivity index (χ0v) is 9.40. The van der Waals surface area contributed by atoms with Gasteiger partial charge in [0.15, 0.2) is 0 Å². The number of nitrogens with two attached hydrogens (primary N) is 1. The molecule has 0 amide bonds. The number of hydrogen-bond donors (Lipinski definition) is 1. The summed E-state index contributed by atoms with van der Waals surface area (Å²) < 4.78 is 18.8. The van der Waals surface area contributed by atoms with Gasteiger partial charge in [0, 0.05) is 25.3 Å². The van der Waals surface area contributed by atoms with Gasteiger partial charge in [-0.15, -0.1) is 0 Å². The van der Waals surface area contributed by atoms with E-state index in [2.05, 4.69) is 4.90 Å². The van der Waals surface area contributed by atoms with E-state index < -0.39 is 0 Å². The van der Waals surface area contributed by atoms with E-state index in [-0.39, 0.29) is 18.0 Å². The third-order valence-corrected chi connectivity index (χ3v) is 2.76. The van der Waals surface area contributed by atoms with Gasteiger partial charge in [0.1, 0.15) is 5.82 Å². The fourth-order valence-corrected chi connectivity index (χ4v) is 2.06. The number of hydrogen-bond acceptors (Lipinski definition) is 3. The Labute approximate surface area is 95.0 Å².